The second kappa shape index (κ2) is 13.1. The van der Waals surface area contributed by atoms with Gasteiger partial charge in [0, 0.05) is 17.6 Å². The fraction of sp³-hybridized carbons (Fsp3) is 0.933. The summed E-state index contributed by atoms with van der Waals surface area (Å²) in [5.41, 5.74) is 0.743. The molecule has 2 bridgehead atoms. The molecule has 7 unspecified atom stereocenters. The van der Waals surface area contributed by atoms with Crippen LogP contribution in [-0.4, -0.2) is 76.6 Å². The van der Waals surface area contributed by atoms with Crippen molar-refractivity contribution in [3.8, 4) is 0 Å². The number of fused-ring (bicyclic) bond motifs is 5. The molecule has 0 spiro atoms. The van der Waals surface area contributed by atoms with E-state index in [1.165, 1.54) is 19.3 Å². The smallest absolute Gasteiger partial charge is 0.360 e. The molecule has 243 valence electrons. The standard InChI is InChI=1S/C30H63O6Si6/c1-13-30(23-32-24-30)22-31-18-15-19-41(11,35-40(9,10)39(6,7)8)36-42(12,34-37(2)33-38(3,4)5)29-21-25-20-28(29)27-17-14-16-26(25)27/h14,17,25-29H,13,15-16,18-24H2,1-12H3. The Balaban J connectivity index is 1.55. The van der Waals surface area contributed by atoms with Crippen LogP contribution in [0.5, 0.6) is 0 Å². The third-order valence-electron chi connectivity index (χ3n) is 11.1. The maximum absolute atomic E-state index is 7.68. The van der Waals surface area contributed by atoms with Gasteiger partial charge in [-0.2, -0.15) is 0 Å². The van der Waals surface area contributed by atoms with Crippen LogP contribution in [0, 0.1) is 29.1 Å². The molecule has 0 amide bonds. The number of rotatable bonds is 17. The Bertz CT molecular complexity index is 944. The Kier molecular flexibility index (Phi) is 11.1. The Morgan fingerprint density at radius 2 is 1.60 bits per heavy atom. The molecule has 1 aliphatic heterocycles. The third kappa shape index (κ3) is 8.20. The fourth-order valence-electron chi connectivity index (χ4n) is 7.87. The Morgan fingerprint density at radius 3 is 2.17 bits per heavy atom. The molecule has 0 N–H and O–H groups in total. The van der Waals surface area contributed by atoms with Crippen LogP contribution in [0.1, 0.15) is 39.0 Å². The van der Waals surface area contributed by atoms with Gasteiger partial charge in [-0.25, -0.2) is 0 Å². The molecule has 1 radical (unpaired) electrons. The molecule has 4 aliphatic rings. The molecule has 0 aromatic heterocycles. The van der Waals surface area contributed by atoms with Gasteiger partial charge in [0.2, 0.25) is 0 Å². The molecule has 6 nitrogen and oxygen atoms in total. The SMILES string of the molecule is CCC1(COCCC[Si](C)(O[Si](C)(O[Si](C)O[Si](C)(C)C)C2CC3CC2C2C=CCC32)O[Si](C)(C)[Si](C)(C)C)COC1. The predicted octanol–water partition coefficient (Wildman–Crippen LogP) is 8.21. The average Bonchev–Trinajstić information content (AvgIpc) is 3.52. The predicted molar refractivity (Wildman–Crippen MR) is 188 cm³/mol. The van der Waals surface area contributed by atoms with Crippen LogP contribution >= 0.6 is 0 Å². The van der Waals surface area contributed by atoms with Crippen molar-refractivity contribution >= 4 is 50.1 Å². The highest BCUT2D eigenvalue weighted by Gasteiger charge is 2.62. The van der Waals surface area contributed by atoms with E-state index in [2.05, 4.69) is 91.1 Å². The lowest BCUT2D eigenvalue weighted by Gasteiger charge is -2.49. The number of allylic oxidation sites excluding steroid dienone is 2. The lowest BCUT2D eigenvalue weighted by atomic mass is 9.81. The molecular weight excluding hydrogens is 625 g/mol. The van der Waals surface area contributed by atoms with E-state index in [9.17, 15) is 0 Å². The lowest BCUT2D eigenvalue weighted by Crippen LogP contribution is -2.65. The molecule has 0 aromatic rings. The molecule has 3 fully saturated rings. The Hall–Kier alpha value is 0.801. The Labute approximate surface area is 265 Å². The van der Waals surface area contributed by atoms with Crippen molar-refractivity contribution in [3.05, 3.63) is 12.2 Å². The van der Waals surface area contributed by atoms with Gasteiger partial charge in [0.15, 0.2) is 16.2 Å². The summed E-state index contributed by atoms with van der Waals surface area (Å²) in [6.45, 7) is 31.6. The molecule has 0 aromatic carbocycles. The van der Waals surface area contributed by atoms with E-state index in [1.54, 1.807) is 0 Å². The summed E-state index contributed by atoms with van der Waals surface area (Å²) in [6, 6.07) is 0.961. The molecular formula is C30H63O6Si6. The van der Waals surface area contributed by atoms with Crippen molar-refractivity contribution in [3.63, 3.8) is 0 Å². The van der Waals surface area contributed by atoms with Gasteiger partial charge in [0.25, 0.3) is 0 Å². The summed E-state index contributed by atoms with van der Waals surface area (Å²) < 4.78 is 40.8. The summed E-state index contributed by atoms with van der Waals surface area (Å²) >= 11 is 0. The molecule has 2 saturated carbocycles. The van der Waals surface area contributed by atoms with E-state index in [4.69, 9.17) is 25.9 Å². The van der Waals surface area contributed by atoms with E-state index >= 15 is 0 Å². The molecule has 1 saturated heterocycles. The van der Waals surface area contributed by atoms with Gasteiger partial charge in [-0.3, -0.25) is 0 Å². The molecule has 7 atom stereocenters. The zero-order valence-corrected chi connectivity index (χ0v) is 35.1. The minimum Gasteiger partial charge on any atom is -0.439 e. The van der Waals surface area contributed by atoms with Crippen LogP contribution in [0.25, 0.3) is 0 Å². The van der Waals surface area contributed by atoms with E-state index in [1.807, 2.05) is 0 Å². The van der Waals surface area contributed by atoms with Gasteiger partial charge < -0.3 is 25.9 Å². The minimum atomic E-state index is -2.66. The summed E-state index contributed by atoms with van der Waals surface area (Å²) in [7, 11) is -11.9. The van der Waals surface area contributed by atoms with Gasteiger partial charge in [0.05, 0.1) is 27.4 Å². The summed E-state index contributed by atoms with van der Waals surface area (Å²) in [6.07, 6.45) is 11.0. The van der Waals surface area contributed by atoms with Gasteiger partial charge in [0.1, 0.15) is 0 Å². The molecule has 3 aliphatic carbocycles. The van der Waals surface area contributed by atoms with Crippen LogP contribution in [0.15, 0.2) is 12.2 Å². The summed E-state index contributed by atoms with van der Waals surface area (Å²) in [5.74, 6) is 3.09. The van der Waals surface area contributed by atoms with Crippen LogP contribution in [-0.2, 0) is 25.9 Å². The maximum atomic E-state index is 7.68. The average molecular weight is 688 g/mol. The van der Waals surface area contributed by atoms with E-state index < -0.39 is 50.1 Å². The first kappa shape index (κ1) is 35.7. The van der Waals surface area contributed by atoms with Crippen molar-refractivity contribution in [1.82, 2.24) is 0 Å². The van der Waals surface area contributed by atoms with Gasteiger partial charge in [-0.05, 0) is 114 Å². The van der Waals surface area contributed by atoms with Crippen molar-refractivity contribution in [2.45, 2.75) is 123 Å². The molecule has 12 heteroatoms. The van der Waals surface area contributed by atoms with E-state index in [0.717, 1.165) is 63.1 Å². The van der Waals surface area contributed by atoms with Gasteiger partial charge >= 0.3 is 26.4 Å². The van der Waals surface area contributed by atoms with Crippen LogP contribution < -0.4 is 0 Å². The quantitative estimate of drug-likeness (QED) is 0.0873. The zero-order valence-electron chi connectivity index (χ0n) is 29.1. The maximum Gasteiger partial charge on any atom is 0.360 e. The Morgan fingerprint density at radius 1 is 0.905 bits per heavy atom. The highest BCUT2D eigenvalue weighted by Crippen LogP contribution is 2.64. The molecule has 4 rings (SSSR count). The highest BCUT2D eigenvalue weighted by atomic mass is 29.3. The third-order valence-corrected chi connectivity index (χ3v) is 43.2. The number of ether oxygens (including phenoxy) is 2. The molecule has 1 heterocycles. The largest absolute Gasteiger partial charge is 0.439 e. The van der Waals surface area contributed by atoms with Gasteiger partial charge in [-0.1, -0.05) is 38.7 Å². The summed E-state index contributed by atoms with van der Waals surface area (Å²) in [5, 5.41) is 0. The first-order chi connectivity index (χ1) is 19.3. The lowest BCUT2D eigenvalue weighted by molar-refractivity contribution is -0.150. The minimum absolute atomic E-state index is 0.226. The monoisotopic (exact) mass is 687 g/mol. The van der Waals surface area contributed by atoms with Crippen molar-refractivity contribution in [2.24, 2.45) is 29.1 Å². The van der Waals surface area contributed by atoms with Crippen LogP contribution in [0.3, 0.4) is 0 Å². The van der Waals surface area contributed by atoms with E-state index in [-0.39, 0.29) is 5.41 Å². The van der Waals surface area contributed by atoms with Crippen LogP contribution in [0.4, 0.5) is 0 Å². The number of hydrogen-bond donors (Lipinski definition) is 0. The summed E-state index contributed by atoms with van der Waals surface area (Å²) in [4.78, 5) is 0. The molecule has 42 heavy (non-hydrogen) atoms. The van der Waals surface area contributed by atoms with Gasteiger partial charge in [-0.15, -0.1) is 0 Å². The normalized spacial score (nSPS) is 31.7. The van der Waals surface area contributed by atoms with Crippen LogP contribution in [0.2, 0.25) is 83.6 Å². The second-order valence-electron chi connectivity index (χ2n) is 16.8. The van der Waals surface area contributed by atoms with Crippen molar-refractivity contribution < 1.29 is 25.9 Å². The first-order valence-electron chi connectivity index (χ1n) is 16.8. The highest BCUT2D eigenvalue weighted by molar-refractivity contribution is 7.38. The first-order valence-corrected chi connectivity index (χ1v) is 34.3. The number of hydrogen-bond acceptors (Lipinski definition) is 6. The second-order valence-corrected chi connectivity index (χ2v) is 46.5. The van der Waals surface area contributed by atoms with Crippen molar-refractivity contribution in [2.75, 3.05) is 26.4 Å². The van der Waals surface area contributed by atoms with Crippen molar-refractivity contribution in [1.29, 1.82) is 0 Å². The fourth-order valence-corrected chi connectivity index (χ4v) is 33.6. The zero-order chi connectivity index (χ0) is 31.2. The topological polar surface area (TPSA) is 55.4 Å². The van der Waals surface area contributed by atoms with E-state index in [0.29, 0.717) is 11.5 Å².